The molecule has 0 saturated carbocycles. The minimum atomic E-state index is -0.268. The van der Waals surface area contributed by atoms with E-state index in [4.69, 9.17) is 12.2 Å². The number of amides is 1. The first-order valence-electron chi connectivity index (χ1n) is 6.65. The molecule has 0 fully saturated rings. The highest BCUT2D eigenvalue weighted by atomic mass is 79.9. The van der Waals surface area contributed by atoms with Crippen molar-refractivity contribution in [1.29, 1.82) is 0 Å². The van der Waals surface area contributed by atoms with Gasteiger partial charge < -0.3 is 5.32 Å². The number of nitrogens with one attached hydrogen (secondary N) is 2. The summed E-state index contributed by atoms with van der Waals surface area (Å²) in [5, 5.41) is 5.82. The maximum atomic E-state index is 11.8. The molecule has 0 aliphatic rings. The normalized spacial score (nSPS) is 10.5. The van der Waals surface area contributed by atoms with Crippen LogP contribution >= 0.6 is 28.1 Å². The summed E-state index contributed by atoms with van der Waals surface area (Å²) < 4.78 is 0.981. The van der Waals surface area contributed by atoms with Gasteiger partial charge in [0.05, 0.1) is 0 Å². The van der Waals surface area contributed by atoms with E-state index in [0.717, 1.165) is 15.7 Å². The van der Waals surface area contributed by atoms with Gasteiger partial charge in [-0.3, -0.25) is 10.1 Å². The molecule has 5 heteroatoms. The number of carbonyl (C=O) groups excluding carboxylic acids is 1. The molecule has 0 bridgehead atoms. The van der Waals surface area contributed by atoms with Crippen molar-refractivity contribution in [3.05, 3.63) is 70.2 Å². The Balaban J connectivity index is 1.87. The van der Waals surface area contributed by atoms with Crippen LogP contribution in [-0.2, 0) is 4.79 Å². The second-order valence-corrected chi connectivity index (χ2v) is 6.02. The number of thiocarbonyl (C=S) groups is 1. The fourth-order valence-electron chi connectivity index (χ4n) is 1.70. The van der Waals surface area contributed by atoms with Gasteiger partial charge in [-0.1, -0.05) is 45.8 Å². The van der Waals surface area contributed by atoms with Gasteiger partial charge in [0.25, 0.3) is 0 Å². The van der Waals surface area contributed by atoms with Crippen LogP contribution in [-0.4, -0.2) is 11.0 Å². The number of benzene rings is 2. The Morgan fingerprint density at radius 1 is 1.09 bits per heavy atom. The van der Waals surface area contributed by atoms with E-state index in [1.54, 1.807) is 6.08 Å². The summed E-state index contributed by atoms with van der Waals surface area (Å²) in [6, 6.07) is 15.4. The van der Waals surface area contributed by atoms with Crippen LogP contribution in [0.2, 0.25) is 0 Å². The summed E-state index contributed by atoms with van der Waals surface area (Å²) in [7, 11) is 0. The summed E-state index contributed by atoms with van der Waals surface area (Å²) >= 11 is 8.46. The molecule has 2 aromatic carbocycles. The minimum Gasteiger partial charge on any atom is -0.332 e. The number of halogens is 1. The van der Waals surface area contributed by atoms with Crippen molar-refractivity contribution in [2.45, 2.75) is 6.92 Å². The average molecular weight is 375 g/mol. The van der Waals surface area contributed by atoms with Crippen LogP contribution < -0.4 is 10.6 Å². The lowest BCUT2D eigenvalue weighted by molar-refractivity contribution is -0.115. The Kier molecular flexibility index (Phi) is 5.86. The molecule has 0 saturated heterocycles. The van der Waals surface area contributed by atoms with Crippen molar-refractivity contribution in [2.75, 3.05) is 5.32 Å². The Labute approximate surface area is 143 Å². The van der Waals surface area contributed by atoms with Crippen LogP contribution in [0.5, 0.6) is 0 Å². The number of aryl methyl sites for hydroxylation is 1. The molecule has 1 amide bonds. The molecule has 22 heavy (non-hydrogen) atoms. The quantitative estimate of drug-likeness (QED) is 0.621. The van der Waals surface area contributed by atoms with E-state index >= 15 is 0 Å². The van der Waals surface area contributed by atoms with Crippen LogP contribution in [0.25, 0.3) is 6.08 Å². The van der Waals surface area contributed by atoms with Crippen molar-refractivity contribution in [2.24, 2.45) is 0 Å². The summed E-state index contributed by atoms with van der Waals surface area (Å²) in [6.45, 7) is 2.02. The van der Waals surface area contributed by atoms with Crippen LogP contribution in [0.1, 0.15) is 11.1 Å². The van der Waals surface area contributed by atoms with Crippen LogP contribution in [0.4, 0.5) is 5.69 Å². The van der Waals surface area contributed by atoms with Gasteiger partial charge in [0.2, 0.25) is 5.91 Å². The van der Waals surface area contributed by atoms with Gasteiger partial charge in [0.15, 0.2) is 5.11 Å². The Morgan fingerprint density at radius 2 is 1.73 bits per heavy atom. The van der Waals surface area contributed by atoms with Gasteiger partial charge in [-0.05, 0) is 55.0 Å². The zero-order chi connectivity index (χ0) is 15.9. The molecule has 2 N–H and O–H groups in total. The molecular formula is C17H15BrN2OS. The summed E-state index contributed by atoms with van der Waals surface area (Å²) in [4.78, 5) is 11.8. The third-order valence-electron chi connectivity index (χ3n) is 2.84. The van der Waals surface area contributed by atoms with Gasteiger partial charge in [0.1, 0.15) is 0 Å². The maximum absolute atomic E-state index is 11.8. The fourth-order valence-corrected chi connectivity index (χ4v) is 2.18. The van der Waals surface area contributed by atoms with E-state index in [1.807, 2.05) is 55.5 Å². The molecule has 3 nitrogen and oxygen atoms in total. The highest BCUT2D eigenvalue weighted by Gasteiger charge is 2.01. The minimum absolute atomic E-state index is 0.265. The molecule has 0 heterocycles. The standard InChI is InChI=1S/C17H15BrN2OS/c1-12-2-4-13(5-3-12)6-11-16(21)20-17(22)19-15-9-7-14(18)8-10-15/h2-11H,1H3,(H2,19,20,21,22). The second kappa shape index (κ2) is 7.87. The SMILES string of the molecule is Cc1ccc(C=CC(=O)NC(=S)Nc2ccc(Br)cc2)cc1. The average Bonchev–Trinajstić information content (AvgIpc) is 2.49. The third-order valence-corrected chi connectivity index (χ3v) is 3.58. The molecule has 0 aliphatic heterocycles. The topological polar surface area (TPSA) is 41.1 Å². The highest BCUT2D eigenvalue weighted by molar-refractivity contribution is 9.10. The van der Waals surface area contributed by atoms with E-state index in [-0.39, 0.29) is 11.0 Å². The predicted molar refractivity (Wildman–Crippen MR) is 98.7 cm³/mol. The summed E-state index contributed by atoms with van der Waals surface area (Å²) in [5.74, 6) is -0.268. The first-order chi connectivity index (χ1) is 10.5. The highest BCUT2D eigenvalue weighted by Crippen LogP contribution is 2.13. The molecule has 112 valence electrons. The first kappa shape index (κ1) is 16.4. The molecule has 0 atom stereocenters. The largest absolute Gasteiger partial charge is 0.332 e. The van der Waals surface area contributed by atoms with Gasteiger partial charge in [-0.25, -0.2) is 0 Å². The monoisotopic (exact) mass is 374 g/mol. The van der Waals surface area contributed by atoms with Crippen molar-refractivity contribution in [3.8, 4) is 0 Å². The van der Waals surface area contributed by atoms with E-state index < -0.39 is 0 Å². The smallest absolute Gasteiger partial charge is 0.250 e. The van der Waals surface area contributed by atoms with Gasteiger partial charge in [0, 0.05) is 16.2 Å². The molecule has 0 spiro atoms. The fraction of sp³-hybridized carbons (Fsp3) is 0.0588. The molecule has 0 radical (unpaired) electrons. The zero-order valence-corrected chi connectivity index (χ0v) is 14.4. The molecule has 0 aliphatic carbocycles. The number of hydrogen-bond donors (Lipinski definition) is 2. The molecule has 0 unspecified atom stereocenters. The Morgan fingerprint density at radius 3 is 2.36 bits per heavy atom. The van der Waals surface area contributed by atoms with Crippen molar-refractivity contribution in [3.63, 3.8) is 0 Å². The summed E-state index contributed by atoms with van der Waals surface area (Å²) in [5.41, 5.74) is 2.96. The lowest BCUT2D eigenvalue weighted by Gasteiger charge is -2.08. The molecule has 2 rings (SSSR count). The van der Waals surface area contributed by atoms with E-state index in [0.29, 0.717) is 0 Å². The molecular weight excluding hydrogens is 360 g/mol. The van der Waals surface area contributed by atoms with E-state index in [2.05, 4.69) is 26.6 Å². The van der Waals surface area contributed by atoms with Crippen molar-refractivity contribution < 1.29 is 4.79 Å². The lowest BCUT2D eigenvalue weighted by atomic mass is 10.1. The van der Waals surface area contributed by atoms with Gasteiger partial charge in [-0.2, -0.15) is 0 Å². The van der Waals surface area contributed by atoms with Crippen LogP contribution in [0.3, 0.4) is 0 Å². The number of rotatable bonds is 3. The van der Waals surface area contributed by atoms with Crippen molar-refractivity contribution in [1.82, 2.24) is 5.32 Å². The Bertz CT molecular complexity index is 694. The Hall–Kier alpha value is -1.98. The molecule has 0 aromatic heterocycles. The summed E-state index contributed by atoms with van der Waals surface area (Å²) in [6.07, 6.45) is 3.21. The van der Waals surface area contributed by atoms with Gasteiger partial charge >= 0.3 is 0 Å². The maximum Gasteiger partial charge on any atom is 0.250 e. The third kappa shape index (κ3) is 5.42. The van der Waals surface area contributed by atoms with Crippen LogP contribution in [0, 0.1) is 6.92 Å². The molecule has 2 aromatic rings. The predicted octanol–water partition coefficient (Wildman–Crippen LogP) is 4.28. The number of carbonyl (C=O) groups is 1. The van der Waals surface area contributed by atoms with Gasteiger partial charge in [-0.15, -0.1) is 0 Å². The second-order valence-electron chi connectivity index (χ2n) is 4.69. The first-order valence-corrected chi connectivity index (χ1v) is 7.85. The number of anilines is 1. The number of hydrogen-bond acceptors (Lipinski definition) is 2. The lowest BCUT2D eigenvalue weighted by Crippen LogP contribution is -2.32. The zero-order valence-electron chi connectivity index (χ0n) is 12.0. The van der Waals surface area contributed by atoms with E-state index in [1.165, 1.54) is 11.6 Å². The van der Waals surface area contributed by atoms with Crippen molar-refractivity contribution >= 4 is 50.9 Å². The van der Waals surface area contributed by atoms with E-state index in [9.17, 15) is 4.79 Å². The van der Waals surface area contributed by atoms with Crippen LogP contribution in [0.15, 0.2) is 59.1 Å².